The van der Waals surface area contributed by atoms with Crippen LogP contribution >= 0.6 is 0 Å². The van der Waals surface area contributed by atoms with Gasteiger partial charge >= 0.3 is 0 Å². The summed E-state index contributed by atoms with van der Waals surface area (Å²) in [6, 6.07) is 15.6. The lowest BCUT2D eigenvalue weighted by molar-refractivity contribution is -0.313. The van der Waals surface area contributed by atoms with Crippen molar-refractivity contribution < 1.29 is 19.5 Å². The van der Waals surface area contributed by atoms with Gasteiger partial charge < -0.3 is 20.5 Å². The number of benzene rings is 2. The minimum atomic E-state index is -1.24. The summed E-state index contributed by atoms with van der Waals surface area (Å²) >= 11 is 0. The number of anilines is 2. The Bertz CT molecular complexity index is 877. The van der Waals surface area contributed by atoms with E-state index in [0.29, 0.717) is 23.4 Å². The lowest BCUT2D eigenvalue weighted by Gasteiger charge is -2.28. The summed E-state index contributed by atoms with van der Waals surface area (Å²) in [5, 5.41) is 16.8. The minimum absolute atomic E-state index is 0.260. The molecule has 138 valence electrons. The lowest BCUT2D eigenvalue weighted by Crippen LogP contribution is -2.41. The number of aliphatic carboxylic acids is 1. The number of rotatable bonds is 5. The molecule has 0 aliphatic heterocycles. The second kappa shape index (κ2) is 8.31. The molecule has 0 unspecified atom stereocenters. The standard InChI is InChI=1S/C21H20N2O4/c24-19(15-10-4-5-11-16(15)21(26)27)23-18-13-7-6-12-17(18)20(25)22-14-8-2-1-3-9-14/h1-9,12-13,15-16H,10-11H2,(H,22,25)(H,23,24)(H,26,27)/p-1/t15-,16+/m1/s1. The van der Waals surface area contributed by atoms with Gasteiger partial charge in [0.25, 0.3) is 5.91 Å². The topological polar surface area (TPSA) is 98.3 Å². The first-order valence-electron chi connectivity index (χ1n) is 8.68. The van der Waals surface area contributed by atoms with E-state index < -0.39 is 23.7 Å². The third kappa shape index (κ3) is 4.41. The van der Waals surface area contributed by atoms with Crippen molar-refractivity contribution in [2.75, 3.05) is 10.6 Å². The van der Waals surface area contributed by atoms with Gasteiger partial charge in [-0.1, -0.05) is 42.5 Å². The van der Waals surface area contributed by atoms with E-state index in [1.54, 1.807) is 60.7 Å². The molecule has 0 bridgehead atoms. The fraction of sp³-hybridized carbons (Fsp3) is 0.190. The minimum Gasteiger partial charge on any atom is -0.550 e. The summed E-state index contributed by atoms with van der Waals surface area (Å²) in [5.74, 6) is -3.65. The van der Waals surface area contributed by atoms with E-state index in [1.807, 2.05) is 6.07 Å². The van der Waals surface area contributed by atoms with Crippen molar-refractivity contribution in [2.24, 2.45) is 11.8 Å². The summed E-state index contributed by atoms with van der Waals surface area (Å²) in [6.45, 7) is 0. The highest BCUT2D eigenvalue weighted by Gasteiger charge is 2.30. The van der Waals surface area contributed by atoms with E-state index in [9.17, 15) is 19.5 Å². The molecule has 6 heteroatoms. The van der Waals surface area contributed by atoms with Crippen LogP contribution in [0.4, 0.5) is 11.4 Å². The predicted molar refractivity (Wildman–Crippen MR) is 99.8 cm³/mol. The molecule has 0 saturated heterocycles. The largest absolute Gasteiger partial charge is 0.550 e. The molecule has 2 N–H and O–H groups in total. The first kappa shape index (κ1) is 18.4. The van der Waals surface area contributed by atoms with E-state index in [2.05, 4.69) is 10.6 Å². The fourth-order valence-corrected chi connectivity index (χ4v) is 3.10. The summed E-state index contributed by atoms with van der Waals surface area (Å²) in [4.78, 5) is 36.5. The zero-order valence-corrected chi connectivity index (χ0v) is 14.6. The van der Waals surface area contributed by atoms with Crippen LogP contribution in [0, 0.1) is 11.8 Å². The van der Waals surface area contributed by atoms with Crippen LogP contribution in [0.25, 0.3) is 0 Å². The van der Waals surface area contributed by atoms with Crippen molar-refractivity contribution in [3.8, 4) is 0 Å². The molecule has 6 nitrogen and oxygen atoms in total. The Morgan fingerprint density at radius 2 is 1.44 bits per heavy atom. The second-order valence-corrected chi connectivity index (χ2v) is 6.33. The van der Waals surface area contributed by atoms with E-state index in [4.69, 9.17) is 0 Å². The molecule has 2 atom stereocenters. The maximum absolute atomic E-state index is 12.6. The van der Waals surface area contributed by atoms with Gasteiger partial charge in [-0.05, 0) is 37.1 Å². The fourth-order valence-electron chi connectivity index (χ4n) is 3.10. The van der Waals surface area contributed by atoms with Gasteiger partial charge in [0, 0.05) is 17.6 Å². The smallest absolute Gasteiger partial charge is 0.257 e. The third-order valence-corrected chi connectivity index (χ3v) is 4.53. The molecule has 0 saturated carbocycles. The van der Waals surface area contributed by atoms with Crippen molar-refractivity contribution in [3.05, 3.63) is 72.3 Å². The van der Waals surface area contributed by atoms with Gasteiger partial charge in [-0.3, -0.25) is 9.59 Å². The van der Waals surface area contributed by atoms with Gasteiger partial charge in [0.2, 0.25) is 5.91 Å². The van der Waals surface area contributed by atoms with Crippen molar-refractivity contribution in [1.82, 2.24) is 0 Å². The Kier molecular flexibility index (Phi) is 5.66. The van der Waals surface area contributed by atoms with Crippen LogP contribution in [0.3, 0.4) is 0 Å². The van der Waals surface area contributed by atoms with Gasteiger partial charge in [-0.15, -0.1) is 0 Å². The molecule has 27 heavy (non-hydrogen) atoms. The number of amides is 2. The van der Waals surface area contributed by atoms with Crippen LogP contribution in [0.15, 0.2) is 66.7 Å². The van der Waals surface area contributed by atoms with Crippen molar-refractivity contribution in [3.63, 3.8) is 0 Å². The van der Waals surface area contributed by atoms with Crippen LogP contribution in [0.5, 0.6) is 0 Å². The molecule has 0 aromatic heterocycles. The first-order valence-corrected chi connectivity index (χ1v) is 8.68. The maximum Gasteiger partial charge on any atom is 0.257 e. The van der Waals surface area contributed by atoms with E-state index in [-0.39, 0.29) is 12.3 Å². The number of hydrogen-bond acceptors (Lipinski definition) is 4. The monoisotopic (exact) mass is 363 g/mol. The normalized spacial score (nSPS) is 18.5. The number of nitrogens with one attached hydrogen (secondary N) is 2. The molecule has 2 aromatic rings. The first-order chi connectivity index (χ1) is 13.1. The summed E-state index contributed by atoms with van der Waals surface area (Å²) < 4.78 is 0. The molecule has 1 aliphatic carbocycles. The Morgan fingerprint density at radius 1 is 0.815 bits per heavy atom. The van der Waals surface area contributed by atoms with Crippen LogP contribution in [0.2, 0.25) is 0 Å². The molecule has 0 radical (unpaired) electrons. The summed E-state index contributed by atoms with van der Waals surface area (Å²) in [6.07, 6.45) is 4.11. The van der Waals surface area contributed by atoms with E-state index >= 15 is 0 Å². The molecule has 3 rings (SSSR count). The average Bonchev–Trinajstić information content (AvgIpc) is 2.69. The van der Waals surface area contributed by atoms with Gasteiger partial charge in [-0.2, -0.15) is 0 Å². The predicted octanol–water partition coefficient (Wildman–Crippen LogP) is 2.21. The Morgan fingerprint density at radius 3 is 2.15 bits per heavy atom. The molecule has 1 aliphatic rings. The summed E-state index contributed by atoms with van der Waals surface area (Å²) in [5.41, 5.74) is 1.27. The van der Waals surface area contributed by atoms with Crippen molar-refractivity contribution in [1.29, 1.82) is 0 Å². The molecule has 2 aromatic carbocycles. The van der Waals surface area contributed by atoms with Crippen LogP contribution in [-0.2, 0) is 9.59 Å². The Hall–Kier alpha value is -3.41. The number of hydrogen-bond donors (Lipinski definition) is 2. The molecule has 0 fully saturated rings. The molecular formula is C21H19N2O4-. The Labute approximate surface area is 156 Å². The zero-order valence-electron chi connectivity index (χ0n) is 14.6. The lowest BCUT2D eigenvalue weighted by atomic mass is 9.82. The number of para-hydroxylation sites is 2. The molecule has 2 amide bonds. The molecular weight excluding hydrogens is 344 g/mol. The highest BCUT2D eigenvalue weighted by atomic mass is 16.4. The van der Waals surface area contributed by atoms with Gasteiger partial charge in [0.1, 0.15) is 0 Å². The highest BCUT2D eigenvalue weighted by molar-refractivity contribution is 6.10. The van der Waals surface area contributed by atoms with Gasteiger partial charge in [0.05, 0.1) is 17.2 Å². The average molecular weight is 363 g/mol. The van der Waals surface area contributed by atoms with Gasteiger partial charge in [-0.25, -0.2) is 0 Å². The number of carboxylic acids is 1. The molecule has 0 heterocycles. The number of carbonyl (C=O) groups is 3. The number of allylic oxidation sites excluding steroid dienone is 2. The van der Waals surface area contributed by atoms with Crippen LogP contribution in [0.1, 0.15) is 23.2 Å². The maximum atomic E-state index is 12.6. The van der Waals surface area contributed by atoms with Crippen molar-refractivity contribution >= 4 is 29.2 Å². The Balaban J connectivity index is 1.77. The number of carboxylic acid groups (broad SMARTS) is 1. The van der Waals surface area contributed by atoms with Gasteiger partial charge in [0.15, 0.2) is 0 Å². The highest BCUT2D eigenvalue weighted by Crippen LogP contribution is 2.27. The quantitative estimate of drug-likeness (QED) is 0.796. The SMILES string of the molecule is O=C(Nc1ccccc1)c1ccccc1NC(=O)[C@@H]1CC=CC[C@@H]1C(=O)[O-]. The van der Waals surface area contributed by atoms with E-state index in [0.717, 1.165) is 0 Å². The van der Waals surface area contributed by atoms with Crippen LogP contribution in [-0.4, -0.2) is 17.8 Å². The molecule has 0 spiro atoms. The third-order valence-electron chi connectivity index (χ3n) is 4.53. The van der Waals surface area contributed by atoms with E-state index in [1.165, 1.54) is 0 Å². The summed E-state index contributed by atoms with van der Waals surface area (Å²) in [7, 11) is 0. The second-order valence-electron chi connectivity index (χ2n) is 6.33. The zero-order chi connectivity index (χ0) is 19.2. The van der Waals surface area contributed by atoms with Crippen molar-refractivity contribution in [2.45, 2.75) is 12.8 Å². The number of carbonyl (C=O) groups excluding carboxylic acids is 3. The van der Waals surface area contributed by atoms with Crippen LogP contribution < -0.4 is 15.7 Å².